The maximum atomic E-state index is 11.0. The highest BCUT2D eigenvalue weighted by atomic mass is 16.4. The van der Waals surface area contributed by atoms with Gasteiger partial charge in [0, 0.05) is 30.2 Å². The topological polar surface area (TPSA) is 83.0 Å². The monoisotopic (exact) mass is 216 g/mol. The number of carboxylic acids is 1. The van der Waals surface area contributed by atoms with Crippen LogP contribution in [0.3, 0.4) is 0 Å². The van der Waals surface area contributed by atoms with Gasteiger partial charge in [-0.2, -0.15) is 0 Å². The molecule has 0 radical (unpaired) electrons. The Balaban J connectivity index is 2.66. The zero-order chi connectivity index (χ0) is 11.5. The number of aromatic nitrogens is 2. The molecule has 2 heterocycles. The van der Waals surface area contributed by atoms with Gasteiger partial charge in [0.2, 0.25) is 5.56 Å². The van der Waals surface area contributed by atoms with E-state index in [1.54, 1.807) is 24.5 Å². The lowest BCUT2D eigenvalue weighted by Crippen LogP contribution is -2.10. The number of H-pyrrole nitrogens is 1. The number of aromatic carboxylic acids is 1. The highest BCUT2D eigenvalue weighted by molar-refractivity contribution is 5.95. The molecule has 2 rings (SSSR count). The fourth-order valence-electron chi connectivity index (χ4n) is 1.42. The molecule has 16 heavy (non-hydrogen) atoms. The smallest absolute Gasteiger partial charge is 0.336 e. The van der Waals surface area contributed by atoms with Crippen LogP contribution in [-0.4, -0.2) is 21.0 Å². The summed E-state index contributed by atoms with van der Waals surface area (Å²) in [7, 11) is 0. The Hall–Kier alpha value is -2.43. The first-order valence-corrected chi connectivity index (χ1v) is 4.55. The van der Waals surface area contributed by atoms with Crippen LogP contribution in [0.5, 0.6) is 0 Å². The summed E-state index contributed by atoms with van der Waals surface area (Å²) < 4.78 is 0. The van der Waals surface area contributed by atoms with E-state index >= 15 is 0 Å². The van der Waals surface area contributed by atoms with Gasteiger partial charge in [0.15, 0.2) is 0 Å². The van der Waals surface area contributed by atoms with Crippen LogP contribution in [0.1, 0.15) is 10.4 Å². The van der Waals surface area contributed by atoms with Crippen molar-refractivity contribution in [3.63, 3.8) is 0 Å². The molecule has 2 N–H and O–H groups in total. The molecule has 0 aliphatic carbocycles. The van der Waals surface area contributed by atoms with Crippen molar-refractivity contribution in [2.24, 2.45) is 0 Å². The predicted octanol–water partition coefficient (Wildman–Crippen LogP) is 1.14. The van der Waals surface area contributed by atoms with E-state index in [1.807, 2.05) is 0 Å². The Morgan fingerprint density at radius 2 is 2.00 bits per heavy atom. The molecule has 80 valence electrons. The highest BCUT2D eigenvalue weighted by Crippen LogP contribution is 2.20. The van der Waals surface area contributed by atoms with Crippen LogP contribution in [0.25, 0.3) is 11.1 Å². The molecule has 0 fully saturated rings. The number of carbonyl (C=O) groups is 1. The largest absolute Gasteiger partial charge is 0.478 e. The molecule has 0 saturated carbocycles. The van der Waals surface area contributed by atoms with E-state index in [1.165, 1.54) is 6.20 Å². The third-order valence-corrected chi connectivity index (χ3v) is 2.15. The van der Waals surface area contributed by atoms with Crippen LogP contribution in [0.2, 0.25) is 0 Å². The molecule has 0 unspecified atom stereocenters. The SMILES string of the molecule is O=C(O)c1cc(=O)[nH]cc1-c1ccncc1. The van der Waals surface area contributed by atoms with Gasteiger partial charge in [-0.25, -0.2) is 4.79 Å². The maximum Gasteiger partial charge on any atom is 0.336 e. The number of nitrogens with zero attached hydrogens (tertiary/aromatic N) is 1. The molecule has 5 nitrogen and oxygen atoms in total. The molecule has 5 heteroatoms. The summed E-state index contributed by atoms with van der Waals surface area (Å²) in [6, 6.07) is 4.43. The molecule has 2 aromatic rings. The van der Waals surface area contributed by atoms with Crippen molar-refractivity contribution in [3.8, 4) is 11.1 Å². The molecule has 0 aliphatic heterocycles. The van der Waals surface area contributed by atoms with Crippen LogP contribution in [0.4, 0.5) is 0 Å². The van der Waals surface area contributed by atoms with Crippen molar-refractivity contribution >= 4 is 5.97 Å². The fourth-order valence-corrected chi connectivity index (χ4v) is 1.42. The van der Waals surface area contributed by atoms with Gasteiger partial charge in [-0.15, -0.1) is 0 Å². The number of nitrogens with one attached hydrogen (secondary N) is 1. The lowest BCUT2D eigenvalue weighted by atomic mass is 10.0. The van der Waals surface area contributed by atoms with Crippen molar-refractivity contribution in [3.05, 3.63) is 52.7 Å². The molecule has 0 saturated heterocycles. The number of hydrogen-bond donors (Lipinski definition) is 2. The number of hydrogen-bond acceptors (Lipinski definition) is 3. The average Bonchev–Trinajstić information content (AvgIpc) is 2.30. The van der Waals surface area contributed by atoms with Gasteiger partial charge in [0.25, 0.3) is 0 Å². The molecular formula is C11H8N2O3. The second-order valence-electron chi connectivity index (χ2n) is 3.17. The van der Waals surface area contributed by atoms with Crippen LogP contribution in [-0.2, 0) is 0 Å². The van der Waals surface area contributed by atoms with Crippen molar-refractivity contribution < 1.29 is 9.90 Å². The van der Waals surface area contributed by atoms with Gasteiger partial charge in [0.05, 0.1) is 5.56 Å². The number of pyridine rings is 2. The van der Waals surface area contributed by atoms with Crippen molar-refractivity contribution in [1.82, 2.24) is 9.97 Å². The third kappa shape index (κ3) is 1.83. The predicted molar refractivity (Wildman–Crippen MR) is 57.3 cm³/mol. The zero-order valence-electron chi connectivity index (χ0n) is 8.18. The number of carboxylic acid groups (broad SMARTS) is 1. The lowest BCUT2D eigenvalue weighted by Gasteiger charge is -2.04. The van der Waals surface area contributed by atoms with Crippen LogP contribution in [0, 0.1) is 0 Å². The van der Waals surface area contributed by atoms with Crippen LogP contribution in [0.15, 0.2) is 41.6 Å². The summed E-state index contributed by atoms with van der Waals surface area (Å²) in [6.07, 6.45) is 4.51. The summed E-state index contributed by atoms with van der Waals surface area (Å²) in [6.45, 7) is 0. The van der Waals surface area contributed by atoms with Gasteiger partial charge in [-0.3, -0.25) is 9.78 Å². The fraction of sp³-hybridized carbons (Fsp3) is 0. The second kappa shape index (κ2) is 3.98. The lowest BCUT2D eigenvalue weighted by molar-refractivity contribution is 0.0697. The van der Waals surface area contributed by atoms with E-state index in [2.05, 4.69) is 9.97 Å². The Morgan fingerprint density at radius 1 is 1.31 bits per heavy atom. The standard InChI is InChI=1S/C11H8N2O3/c14-10-5-8(11(15)16)9(6-13-10)7-1-3-12-4-2-7/h1-6H,(H,13,14)(H,15,16). The van der Waals surface area contributed by atoms with E-state index in [0.717, 1.165) is 6.07 Å². The Kier molecular flexibility index (Phi) is 2.51. The normalized spacial score (nSPS) is 10.0. The molecule has 0 amide bonds. The van der Waals surface area contributed by atoms with Gasteiger partial charge >= 0.3 is 5.97 Å². The molecule has 0 atom stereocenters. The Morgan fingerprint density at radius 3 is 2.62 bits per heavy atom. The average molecular weight is 216 g/mol. The van der Waals surface area contributed by atoms with Gasteiger partial charge in [0.1, 0.15) is 0 Å². The van der Waals surface area contributed by atoms with Gasteiger partial charge in [-0.1, -0.05) is 0 Å². The van der Waals surface area contributed by atoms with E-state index in [9.17, 15) is 9.59 Å². The first kappa shape index (κ1) is 10.1. The van der Waals surface area contributed by atoms with Crippen LogP contribution < -0.4 is 5.56 Å². The summed E-state index contributed by atoms with van der Waals surface area (Å²) in [4.78, 5) is 28.3. The van der Waals surface area contributed by atoms with Crippen molar-refractivity contribution in [2.75, 3.05) is 0 Å². The summed E-state index contributed by atoms with van der Waals surface area (Å²) in [5.74, 6) is -1.13. The quantitative estimate of drug-likeness (QED) is 0.788. The van der Waals surface area contributed by atoms with E-state index in [4.69, 9.17) is 5.11 Å². The van der Waals surface area contributed by atoms with Gasteiger partial charge < -0.3 is 10.1 Å². The molecule has 0 aliphatic rings. The molecule has 0 aromatic carbocycles. The Labute approximate surface area is 90.4 Å². The first-order chi connectivity index (χ1) is 7.68. The van der Waals surface area contributed by atoms with Crippen LogP contribution >= 0.6 is 0 Å². The van der Waals surface area contributed by atoms with Gasteiger partial charge in [-0.05, 0) is 17.7 Å². The zero-order valence-corrected chi connectivity index (χ0v) is 8.18. The first-order valence-electron chi connectivity index (χ1n) is 4.55. The summed E-state index contributed by atoms with van der Waals surface area (Å²) in [5, 5.41) is 8.98. The third-order valence-electron chi connectivity index (χ3n) is 2.15. The van der Waals surface area contributed by atoms with Crippen molar-refractivity contribution in [2.45, 2.75) is 0 Å². The number of rotatable bonds is 2. The maximum absolute atomic E-state index is 11.0. The summed E-state index contributed by atoms with van der Waals surface area (Å²) in [5.41, 5.74) is 0.711. The summed E-state index contributed by atoms with van der Waals surface area (Å²) >= 11 is 0. The molecule has 0 spiro atoms. The number of aromatic amines is 1. The highest BCUT2D eigenvalue weighted by Gasteiger charge is 2.11. The van der Waals surface area contributed by atoms with E-state index in [-0.39, 0.29) is 5.56 Å². The van der Waals surface area contributed by atoms with E-state index in [0.29, 0.717) is 11.1 Å². The second-order valence-corrected chi connectivity index (χ2v) is 3.17. The molecule has 0 bridgehead atoms. The molecule has 2 aromatic heterocycles. The molecular weight excluding hydrogens is 208 g/mol. The minimum Gasteiger partial charge on any atom is -0.478 e. The Bertz CT molecular complexity index is 575. The van der Waals surface area contributed by atoms with Crippen molar-refractivity contribution in [1.29, 1.82) is 0 Å². The minimum atomic E-state index is -1.13. The van der Waals surface area contributed by atoms with E-state index < -0.39 is 11.5 Å². The minimum absolute atomic E-state index is 0.0186.